The molecule has 1 aromatic heterocycles. The maximum Gasteiger partial charge on any atom is 0.224 e. The highest BCUT2D eigenvalue weighted by Gasteiger charge is 2.13. The lowest BCUT2D eigenvalue weighted by molar-refractivity contribution is -0.120. The summed E-state index contributed by atoms with van der Waals surface area (Å²) in [5.74, 6) is 0.756. The van der Waals surface area contributed by atoms with Crippen molar-refractivity contribution in [3.8, 4) is 5.75 Å². The third-order valence-corrected chi connectivity index (χ3v) is 4.76. The quantitative estimate of drug-likeness (QED) is 0.739. The van der Waals surface area contributed by atoms with Gasteiger partial charge in [-0.3, -0.25) is 4.79 Å². The Labute approximate surface area is 148 Å². The van der Waals surface area contributed by atoms with Gasteiger partial charge in [-0.25, -0.2) is 0 Å². The molecule has 1 amide bonds. The van der Waals surface area contributed by atoms with Crippen LogP contribution < -0.4 is 10.1 Å². The largest absolute Gasteiger partial charge is 0.497 e. The molecule has 2 aromatic rings. The van der Waals surface area contributed by atoms with E-state index in [1.807, 2.05) is 18.2 Å². The van der Waals surface area contributed by atoms with Crippen molar-refractivity contribution in [1.29, 1.82) is 0 Å². The van der Waals surface area contributed by atoms with Crippen molar-refractivity contribution in [3.63, 3.8) is 0 Å². The number of rotatable bonds is 8. The van der Waals surface area contributed by atoms with Crippen LogP contribution in [0.2, 0.25) is 0 Å². The second kappa shape index (κ2) is 8.90. The molecule has 1 heterocycles. The minimum atomic E-state index is 0.0104. The number of fused-ring (bicyclic) bond motifs is 1. The fraction of sp³-hybridized carbons (Fsp3) is 0.550. The van der Waals surface area contributed by atoms with Crippen LogP contribution in [0.15, 0.2) is 28.9 Å². The van der Waals surface area contributed by atoms with E-state index >= 15 is 0 Å². The van der Waals surface area contributed by atoms with E-state index in [0.717, 1.165) is 35.3 Å². The molecule has 0 aliphatic heterocycles. The van der Waals surface area contributed by atoms with Crippen LogP contribution in [0.5, 0.6) is 5.75 Å². The first-order valence-corrected chi connectivity index (χ1v) is 9.18. The van der Waals surface area contributed by atoms with Gasteiger partial charge in [0.05, 0.1) is 25.9 Å². The molecule has 1 aliphatic rings. The van der Waals surface area contributed by atoms with Gasteiger partial charge in [-0.05, 0) is 31.4 Å². The van der Waals surface area contributed by atoms with Gasteiger partial charge in [-0.2, -0.15) is 0 Å². The van der Waals surface area contributed by atoms with E-state index < -0.39 is 0 Å². The Morgan fingerprint density at radius 3 is 2.92 bits per heavy atom. The third kappa shape index (κ3) is 4.98. The first kappa shape index (κ1) is 17.8. The molecule has 3 rings (SSSR count). The topological polar surface area (TPSA) is 60.7 Å². The Morgan fingerprint density at radius 1 is 1.28 bits per heavy atom. The summed E-state index contributed by atoms with van der Waals surface area (Å²) in [6.45, 7) is 1.37. The summed E-state index contributed by atoms with van der Waals surface area (Å²) >= 11 is 0. The molecule has 0 unspecified atom stereocenters. The molecule has 25 heavy (non-hydrogen) atoms. The van der Waals surface area contributed by atoms with Crippen molar-refractivity contribution in [1.82, 2.24) is 5.32 Å². The first-order chi connectivity index (χ1) is 12.3. The zero-order valence-electron chi connectivity index (χ0n) is 14.9. The Kier molecular flexibility index (Phi) is 6.34. The van der Waals surface area contributed by atoms with Gasteiger partial charge in [0.1, 0.15) is 11.3 Å². The van der Waals surface area contributed by atoms with Crippen molar-refractivity contribution in [2.75, 3.05) is 20.3 Å². The summed E-state index contributed by atoms with van der Waals surface area (Å²) < 4.78 is 16.6. The van der Waals surface area contributed by atoms with E-state index in [-0.39, 0.29) is 5.91 Å². The summed E-state index contributed by atoms with van der Waals surface area (Å²) in [6.07, 6.45) is 9.53. The van der Waals surface area contributed by atoms with E-state index in [9.17, 15) is 4.79 Å². The summed E-state index contributed by atoms with van der Waals surface area (Å²) in [5.41, 5.74) is 1.64. The van der Waals surface area contributed by atoms with Crippen LogP contribution in [-0.2, 0) is 16.0 Å². The van der Waals surface area contributed by atoms with Crippen LogP contribution in [0.3, 0.4) is 0 Å². The van der Waals surface area contributed by atoms with Gasteiger partial charge in [0.15, 0.2) is 0 Å². The van der Waals surface area contributed by atoms with Crippen molar-refractivity contribution in [2.24, 2.45) is 0 Å². The molecule has 0 bridgehead atoms. The summed E-state index contributed by atoms with van der Waals surface area (Å²) in [5, 5.41) is 3.92. The van der Waals surface area contributed by atoms with E-state index in [2.05, 4.69) is 5.32 Å². The maximum absolute atomic E-state index is 12.1. The normalized spacial score (nSPS) is 15.4. The van der Waals surface area contributed by atoms with Crippen molar-refractivity contribution < 1.29 is 18.7 Å². The number of amides is 1. The predicted molar refractivity (Wildman–Crippen MR) is 96.9 cm³/mol. The monoisotopic (exact) mass is 345 g/mol. The zero-order chi connectivity index (χ0) is 17.5. The fourth-order valence-corrected chi connectivity index (χ4v) is 3.34. The lowest BCUT2D eigenvalue weighted by Gasteiger charge is -2.21. The predicted octanol–water partition coefficient (Wildman–Crippen LogP) is 3.84. The van der Waals surface area contributed by atoms with E-state index in [1.165, 1.54) is 32.1 Å². The van der Waals surface area contributed by atoms with Crippen LogP contribution in [0.4, 0.5) is 0 Å². The molecule has 0 spiro atoms. The number of carbonyl (C=O) groups excluding carboxylic acids is 1. The molecule has 0 radical (unpaired) electrons. The second-order valence-corrected chi connectivity index (χ2v) is 6.63. The third-order valence-electron chi connectivity index (χ3n) is 4.76. The van der Waals surface area contributed by atoms with Crippen LogP contribution in [0.25, 0.3) is 11.0 Å². The lowest BCUT2D eigenvalue weighted by Crippen LogP contribution is -2.27. The average Bonchev–Trinajstić information content (AvgIpc) is 3.04. The van der Waals surface area contributed by atoms with Crippen LogP contribution in [0.1, 0.15) is 44.1 Å². The second-order valence-electron chi connectivity index (χ2n) is 6.63. The lowest BCUT2D eigenvalue weighted by atomic mass is 9.98. The van der Waals surface area contributed by atoms with E-state index in [1.54, 1.807) is 13.4 Å². The first-order valence-electron chi connectivity index (χ1n) is 9.18. The number of ether oxygens (including phenoxy) is 2. The molecule has 136 valence electrons. The molecule has 1 N–H and O–H groups in total. The van der Waals surface area contributed by atoms with Gasteiger partial charge in [0.25, 0.3) is 0 Å². The number of hydrogen-bond acceptors (Lipinski definition) is 4. The number of furan rings is 1. The Hall–Kier alpha value is -2.01. The van der Waals surface area contributed by atoms with E-state index in [0.29, 0.717) is 19.1 Å². The highest BCUT2D eigenvalue weighted by Crippen LogP contribution is 2.25. The molecular formula is C20H27NO4. The van der Waals surface area contributed by atoms with Crippen LogP contribution in [-0.4, -0.2) is 32.3 Å². The Balaban J connectivity index is 1.39. The maximum atomic E-state index is 12.1. The smallest absolute Gasteiger partial charge is 0.224 e. The van der Waals surface area contributed by atoms with Gasteiger partial charge in [-0.15, -0.1) is 0 Å². The molecule has 1 saturated carbocycles. The number of nitrogens with one attached hydrogen (secondary N) is 1. The molecule has 0 atom stereocenters. The number of benzene rings is 1. The molecule has 5 heteroatoms. The minimum Gasteiger partial charge on any atom is -0.497 e. The van der Waals surface area contributed by atoms with Crippen LogP contribution in [0, 0.1) is 0 Å². The molecule has 5 nitrogen and oxygen atoms in total. The fourth-order valence-electron chi connectivity index (χ4n) is 3.34. The summed E-state index contributed by atoms with van der Waals surface area (Å²) in [6, 6.07) is 5.64. The number of carbonyl (C=O) groups is 1. The van der Waals surface area contributed by atoms with E-state index in [4.69, 9.17) is 13.9 Å². The highest BCUT2D eigenvalue weighted by molar-refractivity contribution is 5.88. The van der Waals surface area contributed by atoms with Gasteiger partial charge >= 0.3 is 0 Å². The van der Waals surface area contributed by atoms with Crippen molar-refractivity contribution in [2.45, 2.75) is 51.0 Å². The molecule has 1 aliphatic carbocycles. The number of hydrogen-bond donors (Lipinski definition) is 1. The molecular weight excluding hydrogens is 318 g/mol. The molecule has 0 saturated heterocycles. The van der Waals surface area contributed by atoms with Gasteiger partial charge in [0, 0.05) is 30.2 Å². The van der Waals surface area contributed by atoms with Gasteiger partial charge < -0.3 is 19.2 Å². The highest BCUT2D eigenvalue weighted by atomic mass is 16.5. The average molecular weight is 345 g/mol. The Morgan fingerprint density at radius 2 is 2.12 bits per heavy atom. The van der Waals surface area contributed by atoms with Crippen molar-refractivity contribution in [3.05, 3.63) is 30.0 Å². The van der Waals surface area contributed by atoms with Gasteiger partial charge in [-0.1, -0.05) is 19.3 Å². The standard InChI is InChI=1S/C20H27NO4/c1-23-17-8-9-18-15(14-25-19(18)13-17)12-20(22)21-10-5-11-24-16-6-3-2-4-7-16/h8-9,13-14,16H,2-7,10-12H2,1H3,(H,21,22). The minimum absolute atomic E-state index is 0.0104. The summed E-state index contributed by atoms with van der Waals surface area (Å²) in [4.78, 5) is 12.1. The van der Waals surface area contributed by atoms with Crippen molar-refractivity contribution >= 4 is 16.9 Å². The zero-order valence-corrected chi connectivity index (χ0v) is 14.9. The van der Waals surface area contributed by atoms with Crippen LogP contribution >= 0.6 is 0 Å². The Bertz CT molecular complexity index is 688. The molecule has 1 fully saturated rings. The summed E-state index contributed by atoms with van der Waals surface area (Å²) in [7, 11) is 1.62. The SMILES string of the molecule is COc1ccc2c(CC(=O)NCCCOC3CCCCC3)coc2c1. The number of methoxy groups -OCH3 is 1. The molecule has 1 aromatic carbocycles. The van der Waals surface area contributed by atoms with Gasteiger partial charge in [0.2, 0.25) is 5.91 Å².